The lowest BCUT2D eigenvalue weighted by Gasteiger charge is -2.33. The van der Waals surface area contributed by atoms with Crippen LogP contribution in [-0.2, 0) is 6.42 Å². The monoisotopic (exact) mass is 202 g/mol. The van der Waals surface area contributed by atoms with Crippen LogP contribution in [0.25, 0.3) is 0 Å². The van der Waals surface area contributed by atoms with Gasteiger partial charge in [0.15, 0.2) is 0 Å². The van der Waals surface area contributed by atoms with Gasteiger partial charge in [-0.15, -0.1) is 0 Å². The minimum absolute atomic E-state index is 0.740. The van der Waals surface area contributed by atoms with Gasteiger partial charge in [0, 0.05) is 12.2 Å². The molecular weight excluding hydrogens is 184 g/mol. The molecule has 1 atom stereocenters. The Labute approximate surface area is 91.1 Å². The van der Waals surface area contributed by atoms with E-state index in [1.54, 1.807) is 0 Å². The van der Waals surface area contributed by atoms with Gasteiger partial charge in [0.2, 0.25) is 0 Å². The van der Waals surface area contributed by atoms with Crippen molar-refractivity contribution in [3.63, 3.8) is 0 Å². The minimum atomic E-state index is 0.740. The number of anilines is 1. The van der Waals surface area contributed by atoms with E-state index in [4.69, 9.17) is 5.73 Å². The molecule has 0 amide bonds. The number of nitrogen functional groups attached to an aromatic ring is 1. The average Bonchev–Trinajstić information content (AvgIpc) is 2.56. The predicted octanol–water partition coefficient (Wildman–Crippen LogP) is 2.00. The summed E-state index contributed by atoms with van der Waals surface area (Å²) < 4.78 is 0. The van der Waals surface area contributed by atoms with E-state index in [0.717, 1.165) is 11.6 Å². The summed E-state index contributed by atoms with van der Waals surface area (Å²) in [6.07, 6.45) is 3.86. The molecule has 1 aromatic rings. The summed E-state index contributed by atoms with van der Waals surface area (Å²) in [5.74, 6) is 0.740. The molecule has 0 saturated carbocycles. The van der Waals surface area contributed by atoms with E-state index in [-0.39, 0.29) is 0 Å². The van der Waals surface area contributed by atoms with Crippen molar-refractivity contribution in [2.45, 2.75) is 25.2 Å². The summed E-state index contributed by atoms with van der Waals surface area (Å²) in [5.41, 5.74) is 9.93. The molecule has 15 heavy (non-hydrogen) atoms. The van der Waals surface area contributed by atoms with Crippen molar-refractivity contribution in [1.82, 2.24) is 4.90 Å². The highest BCUT2D eigenvalue weighted by Crippen LogP contribution is 2.37. The Morgan fingerprint density at radius 3 is 2.93 bits per heavy atom. The summed E-state index contributed by atoms with van der Waals surface area (Å²) in [6.45, 7) is 3.85. The standard InChI is InChI=1S/C13H18N2/c14-13-4-1-3-11-10(5-6-12(11)13)9-15-7-2-8-15/h1,3-4,10H,2,5-9,14H2. The molecule has 80 valence electrons. The Balaban J connectivity index is 1.81. The fraction of sp³-hybridized carbons (Fsp3) is 0.538. The van der Waals surface area contributed by atoms with Crippen LogP contribution in [0.2, 0.25) is 0 Å². The number of benzene rings is 1. The first-order valence-corrected chi connectivity index (χ1v) is 5.94. The van der Waals surface area contributed by atoms with E-state index in [1.165, 1.54) is 50.0 Å². The van der Waals surface area contributed by atoms with Gasteiger partial charge in [0.25, 0.3) is 0 Å². The number of nitrogens with two attached hydrogens (primary N) is 1. The fourth-order valence-corrected chi connectivity index (χ4v) is 2.83. The normalized spacial score (nSPS) is 24.9. The molecule has 0 aromatic heterocycles. The Hall–Kier alpha value is -1.02. The number of fused-ring (bicyclic) bond motifs is 1. The molecule has 1 aliphatic heterocycles. The van der Waals surface area contributed by atoms with Gasteiger partial charge in [-0.05, 0) is 55.5 Å². The molecule has 0 spiro atoms. The second-order valence-electron chi connectivity index (χ2n) is 4.80. The Morgan fingerprint density at radius 2 is 2.20 bits per heavy atom. The smallest absolute Gasteiger partial charge is 0.0349 e. The third kappa shape index (κ3) is 1.53. The molecular formula is C13H18N2. The van der Waals surface area contributed by atoms with Crippen LogP contribution in [0, 0.1) is 0 Å². The molecule has 0 bridgehead atoms. The van der Waals surface area contributed by atoms with Crippen molar-refractivity contribution in [3.05, 3.63) is 29.3 Å². The number of rotatable bonds is 2. The number of hydrogen-bond donors (Lipinski definition) is 1. The minimum Gasteiger partial charge on any atom is -0.398 e. The summed E-state index contributed by atoms with van der Waals surface area (Å²) >= 11 is 0. The second kappa shape index (κ2) is 3.53. The van der Waals surface area contributed by atoms with E-state index in [0.29, 0.717) is 0 Å². The molecule has 2 N–H and O–H groups in total. The van der Waals surface area contributed by atoms with Crippen molar-refractivity contribution in [1.29, 1.82) is 0 Å². The van der Waals surface area contributed by atoms with Gasteiger partial charge in [-0.25, -0.2) is 0 Å². The molecule has 3 rings (SSSR count). The van der Waals surface area contributed by atoms with Gasteiger partial charge in [-0.2, -0.15) is 0 Å². The van der Waals surface area contributed by atoms with E-state index in [2.05, 4.69) is 17.0 Å². The molecule has 1 saturated heterocycles. The van der Waals surface area contributed by atoms with E-state index >= 15 is 0 Å². The van der Waals surface area contributed by atoms with Gasteiger partial charge in [0.1, 0.15) is 0 Å². The molecule has 1 heterocycles. The zero-order chi connectivity index (χ0) is 10.3. The lowest BCUT2D eigenvalue weighted by atomic mass is 9.99. The maximum Gasteiger partial charge on any atom is 0.0349 e. The maximum atomic E-state index is 6.00. The summed E-state index contributed by atoms with van der Waals surface area (Å²) in [5, 5.41) is 0. The molecule has 1 aliphatic carbocycles. The largest absolute Gasteiger partial charge is 0.398 e. The molecule has 1 aromatic carbocycles. The first-order chi connectivity index (χ1) is 7.34. The highest BCUT2D eigenvalue weighted by molar-refractivity contribution is 5.54. The second-order valence-corrected chi connectivity index (χ2v) is 4.80. The summed E-state index contributed by atoms with van der Waals surface area (Å²) in [4.78, 5) is 2.56. The molecule has 1 fully saturated rings. The lowest BCUT2D eigenvalue weighted by molar-refractivity contribution is 0.169. The van der Waals surface area contributed by atoms with Gasteiger partial charge in [-0.3, -0.25) is 0 Å². The van der Waals surface area contributed by atoms with Gasteiger partial charge < -0.3 is 10.6 Å². The number of nitrogens with zero attached hydrogens (tertiary/aromatic N) is 1. The van der Waals surface area contributed by atoms with E-state index in [9.17, 15) is 0 Å². The van der Waals surface area contributed by atoms with Crippen molar-refractivity contribution in [2.75, 3.05) is 25.4 Å². The lowest BCUT2D eigenvalue weighted by Crippen LogP contribution is -2.39. The first kappa shape index (κ1) is 9.22. The van der Waals surface area contributed by atoms with Crippen LogP contribution >= 0.6 is 0 Å². The summed E-state index contributed by atoms with van der Waals surface area (Å²) in [6, 6.07) is 6.40. The van der Waals surface area contributed by atoms with Crippen LogP contribution in [0.15, 0.2) is 18.2 Å². The highest BCUT2D eigenvalue weighted by atomic mass is 15.2. The van der Waals surface area contributed by atoms with Crippen LogP contribution in [0.4, 0.5) is 5.69 Å². The van der Waals surface area contributed by atoms with Crippen molar-refractivity contribution < 1.29 is 0 Å². The third-order valence-electron chi connectivity index (χ3n) is 3.86. The molecule has 0 radical (unpaired) electrons. The van der Waals surface area contributed by atoms with Crippen LogP contribution < -0.4 is 5.73 Å². The Kier molecular flexibility index (Phi) is 2.17. The number of hydrogen-bond acceptors (Lipinski definition) is 2. The van der Waals surface area contributed by atoms with Crippen molar-refractivity contribution in [2.24, 2.45) is 0 Å². The van der Waals surface area contributed by atoms with Gasteiger partial charge >= 0.3 is 0 Å². The average molecular weight is 202 g/mol. The SMILES string of the molecule is Nc1cccc2c1CCC2CN1CCC1. The molecule has 2 nitrogen and oxygen atoms in total. The van der Waals surface area contributed by atoms with Crippen molar-refractivity contribution in [3.8, 4) is 0 Å². The van der Waals surface area contributed by atoms with Crippen molar-refractivity contribution >= 4 is 5.69 Å². The first-order valence-electron chi connectivity index (χ1n) is 5.94. The highest BCUT2D eigenvalue weighted by Gasteiger charge is 2.27. The summed E-state index contributed by atoms with van der Waals surface area (Å²) in [7, 11) is 0. The molecule has 1 unspecified atom stereocenters. The molecule has 2 aliphatic rings. The Morgan fingerprint density at radius 1 is 1.33 bits per heavy atom. The fourth-order valence-electron chi connectivity index (χ4n) is 2.83. The quantitative estimate of drug-likeness (QED) is 0.743. The van der Waals surface area contributed by atoms with Crippen LogP contribution in [0.5, 0.6) is 0 Å². The van der Waals surface area contributed by atoms with Crippen LogP contribution in [-0.4, -0.2) is 24.5 Å². The predicted molar refractivity (Wildman–Crippen MR) is 63.0 cm³/mol. The van der Waals surface area contributed by atoms with E-state index in [1.807, 2.05) is 6.07 Å². The third-order valence-corrected chi connectivity index (χ3v) is 3.86. The van der Waals surface area contributed by atoms with E-state index < -0.39 is 0 Å². The topological polar surface area (TPSA) is 29.3 Å². The van der Waals surface area contributed by atoms with Crippen LogP contribution in [0.3, 0.4) is 0 Å². The maximum absolute atomic E-state index is 6.00. The number of likely N-dealkylation sites (tertiary alicyclic amines) is 1. The zero-order valence-corrected chi connectivity index (χ0v) is 9.08. The van der Waals surface area contributed by atoms with Crippen LogP contribution in [0.1, 0.15) is 29.9 Å². The zero-order valence-electron chi connectivity index (χ0n) is 9.08. The van der Waals surface area contributed by atoms with Gasteiger partial charge in [-0.1, -0.05) is 12.1 Å². The Bertz CT molecular complexity index is 369. The molecule has 2 heteroatoms. The van der Waals surface area contributed by atoms with Gasteiger partial charge in [0.05, 0.1) is 0 Å².